The van der Waals surface area contributed by atoms with Gasteiger partial charge in [-0.25, -0.2) is 4.98 Å². The molecule has 1 aromatic heterocycles. The highest BCUT2D eigenvalue weighted by Crippen LogP contribution is 2.22. The molecule has 2 aromatic carbocycles. The number of anilines is 1. The number of nitrogens with one attached hydrogen (secondary N) is 1. The molecule has 0 radical (unpaired) electrons. The highest BCUT2D eigenvalue weighted by Gasteiger charge is 2.03. The van der Waals surface area contributed by atoms with Crippen LogP contribution < -0.4 is 5.32 Å². The fourth-order valence-corrected chi connectivity index (χ4v) is 2.29. The molecule has 0 aliphatic heterocycles. The fraction of sp³-hybridized carbons (Fsp3) is 0.188. The lowest BCUT2D eigenvalue weighted by atomic mass is 10.1. The number of alkyl halides is 1. The number of fused-ring (bicyclic) bond motifs is 2. The number of hydrogen-bond acceptors (Lipinski definition) is 3. The summed E-state index contributed by atoms with van der Waals surface area (Å²) >= 11 is 5.58. The van der Waals surface area contributed by atoms with E-state index >= 15 is 0 Å². The summed E-state index contributed by atoms with van der Waals surface area (Å²) in [6, 6.07) is 16.2. The number of pyridine rings is 1. The van der Waals surface area contributed by atoms with Crippen LogP contribution in [0.5, 0.6) is 0 Å². The summed E-state index contributed by atoms with van der Waals surface area (Å²) in [6.45, 7) is 0.440. The van der Waals surface area contributed by atoms with E-state index in [0.29, 0.717) is 6.54 Å². The summed E-state index contributed by atoms with van der Waals surface area (Å²) in [5.41, 5.74) is 2.92. The summed E-state index contributed by atoms with van der Waals surface area (Å²) < 4.78 is 0. The molecule has 3 aromatic rings. The first-order valence-corrected chi connectivity index (χ1v) is 7.07. The van der Waals surface area contributed by atoms with Gasteiger partial charge in [0.05, 0.1) is 23.0 Å². The van der Waals surface area contributed by atoms with Crippen LogP contribution in [0.4, 0.5) is 5.69 Å². The molecule has 0 saturated carbocycles. The average Bonchev–Trinajstić information content (AvgIpc) is 2.50. The number of hydrogen-bond donors (Lipinski definition) is 2. The van der Waals surface area contributed by atoms with Crippen LogP contribution in [-0.4, -0.2) is 28.6 Å². The number of nitrogens with zero attached hydrogens (tertiary/aromatic N) is 1. The Bertz CT molecular complexity index is 745. The van der Waals surface area contributed by atoms with Crippen LogP contribution in [0.15, 0.2) is 48.5 Å². The number of rotatable bonds is 4. The van der Waals surface area contributed by atoms with Crippen molar-refractivity contribution in [2.75, 3.05) is 17.7 Å². The van der Waals surface area contributed by atoms with E-state index in [1.165, 1.54) is 0 Å². The van der Waals surface area contributed by atoms with Gasteiger partial charge in [0.1, 0.15) is 0 Å². The predicted molar refractivity (Wildman–Crippen MR) is 84.5 cm³/mol. The molecule has 1 atom stereocenters. The molecule has 0 amide bonds. The Morgan fingerprint density at radius 3 is 2.70 bits per heavy atom. The first kappa shape index (κ1) is 13.2. The quantitative estimate of drug-likeness (QED) is 0.571. The summed E-state index contributed by atoms with van der Waals surface area (Å²) in [4.78, 5) is 4.63. The summed E-state index contributed by atoms with van der Waals surface area (Å²) in [5, 5.41) is 14.8. The maximum atomic E-state index is 9.47. The van der Waals surface area contributed by atoms with E-state index in [1.54, 1.807) is 0 Å². The number of aliphatic hydroxyl groups excluding tert-OH is 1. The Morgan fingerprint density at radius 1 is 1.05 bits per heavy atom. The van der Waals surface area contributed by atoms with Crippen LogP contribution in [0.3, 0.4) is 0 Å². The van der Waals surface area contributed by atoms with Gasteiger partial charge in [0.15, 0.2) is 0 Å². The second-order valence-corrected chi connectivity index (χ2v) is 5.09. The minimum atomic E-state index is -0.540. The first-order chi connectivity index (χ1) is 9.76. The van der Waals surface area contributed by atoms with E-state index in [9.17, 15) is 5.11 Å². The SMILES string of the molecule is OC(CCl)CNc1ccc2nc3ccccc3cc2c1. The molecule has 0 bridgehead atoms. The number of para-hydroxylation sites is 1. The van der Waals surface area contributed by atoms with Gasteiger partial charge in [-0.15, -0.1) is 11.6 Å². The van der Waals surface area contributed by atoms with Crippen molar-refractivity contribution in [1.29, 1.82) is 0 Å². The van der Waals surface area contributed by atoms with Crippen molar-refractivity contribution < 1.29 is 5.11 Å². The maximum absolute atomic E-state index is 9.47. The molecule has 0 fully saturated rings. The fourth-order valence-electron chi connectivity index (χ4n) is 2.18. The van der Waals surface area contributed by atoms with Gasteiger partial charge in [0, 0.05) is 23.0 Å². The summed E-state index contributed by atoms with van der Waals surface area (Å²) in [6.07, 6.45) is -0.540. The third kappa shape index (κ3) is 2.69. The zero-order chi connectivity index (χ0) is 13.9. The largest absolute Gasteiger partial charge is 0.390 e. The third-order valence-corrected chi connectivity index (χ3v) is 3.59. The summed E-state index contributed by atoms with van der Waals surface area (Å²) in [5.74, 6) is 0.229. The smallest absolute Gasteiger partial charge is 0.0847 e. The Hall–Kier alpha value is -1.84. The number of halogens is 1. The molecule has 1 heterocycles. The van der Waals surface area contributed by atoms with Gasteiger partial charge in [-0.05, 0) is 30.3 Å². The summed E-state index contributed by atoms with van der Waals surface area (Å²) in [7, 11) is 0. The topological polar surface area (TPSA) is 45.1 Å². The van der Waals surface area contributed by atoms with E-state index < -0.39 is 6.10 Å². The maximum Gasteiger partial charge on any atom is 0.0847 e. The van der Waals surface area contributed by atoms with Crippen LogP contribution in [0, 0.1) is 0 Å². The molecule has 102 valence electrons. The van der Waals surface area contributed by atoms with Crippen LogP contribution in [0.25, 0.3) is 21.8 Å². The van der Waals surface area contributed by atoms with E-state index in [1.807, 2.05) is 36.4 Å². The van der Waals surface area contributed by atoms with Crippen molar-refractivity contribution >= 4 is 39.1 Å². The number of benzene rings is 2. The van der Waals surface area contributed by atoms with Crippen molar-refractivity contribution in [3.8, 4) is 0 Å². The van der Waals surface area contributed by atoms with E-state index in [-0.39, 0.29) is 5.88 Å². The lowest BCUT2D eigenvalue weighted by Gasteiger charge is -2.10. The van der Waals surface area contributed by atoms with Crippen LogP contribution in [-0.2, 0) is 0 Å². The van der Waals surface area contributed by atoms with E-state index in [2.05, 4.69) is 22.4 Å². The van der Waals surface area contributed by atoms with Crippen LogP contribution in [0.1, 0.15) is 0 Å². The highest BCUT2D eigenvalue weighted by atomic mass is 35.5. The lowest BCUT2D eigenvalue weighted by molar-refractivity contribution is 0.211. The lowest BCUT2D eigenvalue weighted by Crippen LogP contribution is -2.20. The van der Waals surface area contributed by atoms with Crippen molar-refractivity contribution in [2.45, 2.75) is 6.10 Å². The zero-order valence-corrected chi connectivity index (χ0v) is 11.6. The van der Waals surface area contributed by atoms with Gasteiger partial charge >= 0.3 is 0 Å². The highest BCUT2D eigenvalue weighted by molar-refractivity contribution is 6.18. The van der Waals surface area contributed by atoms with Crippen molar-refractivity contribution in [3.63, 3.8) is 0 Å². The van der Waals surface area contributed by atoms with Crippen LogP contribution in [0.2, 0.25) is 0 Å². The normalized spacial score (nSPS) is 12.7. The first-order valence-electron chi connectivity index (χ1n) is 6.54. The Morgan fingerprint density at radius 2 is 1.85 bits per heavy atom. The molecule has 1 unspecified atom stereocenters. The monoisotopic (exact) mass is 286 g/mol. The van der Waals surface area contributed by atoms with Gasteiger partial charge in [-0.3, -0.25) is 0 Å². The zero-order valence-electron chi connectivity index (χ0n) is 10.9. The van der Waals surface area contributed by atoms with Crippen molar-refractivity contribution in [1.82, 2.24) is 4.98 Å². The second-order valence-electron chi connectivity index (χ2n) is 4.78. The van der Waals surface area contributed by atoms with Gasteiger partial charge in [0.25, 0.3) is 0 Å². The second kappa shape index (κ2) is 5.65. The van der Waals surface area contributed by atoms with Gasteiger partial charge in [-0.2, -0.15) is 0 Å². The molecule has 0 aliphatic carbocycles. The Labute approximate surface area is 122 Å². The number of aliphatic hydroxyl groups is 1. The average molecular weight is 287 g/mol. The van der Waals surface area contributed by atoms with Gasteiger partial charge < -0.3 is 10.4 Å². The Balaban J connectivity index is 1.95. The molecule has 0 spiro atoms. The van der Waals surface area contributed by atoms with Crippen molar-refractivity contribution in [3.05, 3.63) is 48.5 Å². The van der Waals surface area contributed by atoms with E-state index in [4.69, 9.17) is 11.6 Å². The molecular weight excluding hydrogens is 272 g/mol. The molecule has 20 heavy (non-hydrogen) atoms. The molecule has 0 aliphatic rings. The molecule has 4 heteroatoms. The Kier molecular flexibility index (Phi) is 3.72. The number of aromatic nitrogens is 1. The third-order valence-electron chi connectivity index (χ3n) is 3.24. The minimum Gasteiger partial charge on any atom is -0.390 e. The molecule has 3 rings (SSSR count). The standard InChI is InChI=1S/C16H15ClN2O/c17-9-14(20)10-18-13-5-6-16-12(8-13)7-11-3-1-2-4-15(11)19-16/h1-8,14,18,20H,9-10H2. The molecule has 0 saturated heterocycles. The van der Waals surface area contributed by atoms with E-state index in [0.717, 1.165) is 27.5 Å². The minimum absolute atomic E-state index is 0.229. The van der Waals surface area contributed by atoms with Crippen LogP contribution >= 0.6 is 11.6 Å². The molecule has 3 nitrogen and oxygen atoms in total. The predicted octanol–water partition coefficient (Wildman–Crippen LogP) is 3.40. The molecular formula is C16H15ClN2O. The van der Waals surface area contributed by atoms with Gasteiger partial charge in [0.2, 0.25) is 0 Å². The van der Waals surface area contributed by atoms with Crippen molar-refractivity contribution in [2.24, 2.45) is 0 Å². The molecule has 2 N–H and O–H groups in total. The van der Waals surface area contributed by atoms with Gasteiger partial charge in [-0.1, -0.05) is 18.2 Å².